The number of nitrogens with zero attached hydrogens (tertiary/aromatic N) is 2. The smallest absolute Gasteiger partial charge is 0.352 e. The second kappa shape index (κ2) is 9.27. The molecule has 4 rings (SSSR count). The maximum atomic E-state index is 12.8. The van der Waals surface area contributed by atoms with E-state index in [2.05, 4.69) is 16.5 Å². The standard InChI is InChI=1S/C23H19N3O4S/c1-2-11-29-23(27)20(15-7-4-3-5-8-15)30-21-19(24)16(18-9-6-12-28-18)14-17(26-21)22-25-10-13-31-22/h2-10,12-14,20H,1,11,24H2. The average molecular weight is 433 g/mol. The van der Waals surface area contributed by atoms with Gasteiger partial charge in [0.2, 0.25) is 12.0 Å². The molecule has 8 heteroatoms. The summed E-state index contributed by atoms with van der Waals surface area (Å²) in [5.41, 5.74) is 8.38. The Hall–Kier alpha value is -3.91. The van der Waals surface area contributed by atoms with Crippen LogP contribution >= 0.6 is 11.3 Å². The Morgan fingerprint density at radius 3 is 2.77 bits per heavy atom. The largest absolute Gasteiger partial charge is 0.464 e. The van der Waals surface area contributed by atoms with Crippen LogP contribution in [-0.2, 0) is 9.53 Å². The van der Waals surface area contributed by atoms with Crippen molar-refractivity contribution in [3.05, 3.63) is 84.6 Å². The molecule has 0 spiro atoms. The molecule has 1 unspecified atom stereocenters. The van der Waals surface area contributed by atoms with Crippen molar-refractivity contribution >= 4 is 23.0 Å². The fourth-order valence-electron chi connectivity index (χ4n) is 2.93. The Morgan fingerprint density at radius 1 is 1.26 bits per heavy atom. The third-order valence-electron chi connectivity index (χ3n) is 4.35. The Balaban J connectivity index is 1.79. The fraction of sp³-hybridized carbons (Fsp3) is 0.0870. The number of nitrogens with two attached hydrogens (primary N) is 1. The van der Waals surface area contributed by atoms with Gasteiger partial charge >= 0.3 is 5.97 Å². The Bertz CT molecular complexity index is 1160. The molecule has 31 heavy (non-hydrogen) atoms. The Kier molecular flexibility index (Phi) is 6.09. The number of esters is 1. The molecule has 0 bridgehead atoms. The van der Waals surface area contributed by atoms with Gasteiger partial charge in [0.15, 0.2) is 0 Å². The zero-order valence-corrected chi connectivity index (χ0v) is 17.2. The molecule has 1 aromatic carbocycles. The normalized spacial score (nSPS) is 11.6. The van der Waals surface area contributed by atoms with Gasteiger partial charge in [0.05, 0.1) is 6.26 Å². The molecule has 4 aromatic rings. The number of aromatic nitrogens is 2. The van der Waals surface area contributed by atoms with Crippen LogP contribution in [0.3, 0.4) is 0 Å². The summed E-state index contributed by atoms with van der Waals surface area (Å²) in [6.45, 7) is 3.64. The SMILES string of the molecule is C=CCOC(=O)C(Oc1nc(-c2nccs2)cc(-c2ccco2)c1N)c1ccccc1. The van der Waals surface area contributed by atoms with Gasteiger partial charge < -0.3 is 19.6 Å². The molecule has 0 amide bonds. The predicted octanol–water partition coefficient (Wildman–Crippen LogP) is 4.90. The van der Waals surface area contributed by atoms with Gasteiger partial charge in [-0.25, -0.2) is 14.8 Å². The van der Waals surface area contributed by atoms with Crippen molar-refractivity contribution < 1.29 is 18.7 Å². The summed E-state index contributed by atoms with van der Waals surface area (Å²) in [5.74, 6) is 0.0584. The van der Waals surface area contributed by atoms with E-state index < -0.39 is 12.1 Å². The van der Waals surface area contributed by atoms with E-state index in [1.54, 1.807) is 42.8 Å². The molecule has 3 heterocycles. The van der Waals surface area contributed by atoms with Gasteiger partial charge in [0.25, 0.3) is 0 Å². The van der Waals surface area contributed by atoms with Gasteiger partial charge in [-0.1, -0.05) is 43.0 Å². The van der Waals surface area contributed by atoms with E-state index in [-0.39, 0.29) is 18.2 Å². The van der Waals surface area contributed by atoms with Crippen LogP contribution in [0, 0.1) is 0 Å². The topological polar surface area (TPSA) is 100 Å². The van der Waals surface area contributed by atoms with Gasteiger partial charge in [-0.15, -0.1) is 11.3 Å². The van der Waals surface area contributed by atoms with E-state index >= 15 is 0 Å². The minimum absolute atomic E-state index is 0.0608. The lowest BCUT2D eigenvalue weighted by atomic mass is 10.1. The van der Waals surface area contributed by atoms with Crippen LogP contribution in [0.2, 0.25) is 0 Å². The first-order valence-corrected chi connectivity index (χ1v) is 10.3. The molecule has 0 saturated heterocycles. The molecule has 0 radical (unpaired) electrons. The number of pyridine rings is 1. The first-order chi connectivity index (χ1) is 15.2. The molecule has 2 N–H and O–H groups in total. The van der Waals surface area contributed by atoms with Crippen molar-refractivity contribution in [2.24, 2.45) is 0 Å². The molecule has 0 aliphatic rings. The van der Waals surface area contributed by atoms with Crippen molar-refractivity contribution in [1.29, 1.82) is 0 Å². The second-order valence-corrected chi connectivity index (χ2v) is 7.31. The lowest BCUT2D eigenvalue weighted by molar-refractivity contribution is -0.151. The lowest BCUT2D eigenvalue weighted by Gasteiger charge is -2.19. The molecule has 156 valence electrons. The van der Waals surface area contributed by atoms with Gasteiger partial charge in [0.1, 0.15) is 28.8 Å². The molecular weight excluding hydrogens is 414 g/mol. The summed E-state index contributed by atoms with van der Waals surface area (Å²) < 4.78 is 16.8. The fourth-order valence-corrected chi connectivity index (χ4v) is 3.52. The molecule has 0 fully saturated rings. The number of furan rings is 1. The van der Waals surface area contributed by atoms with Crippen LogP contribution in [-0.4, -0.2) is 22.5 Å². The monoisotopic (exact) mass is 433 g/mol. The molecule has 3 aromatic heterocycles. The molecule has 1 atom stereocenters. The van der Waals surface area contributed by atoms with Crippen LogP contribution in [0.25, 0.3) is 22.0 Å². The number of anilines is 1. The Morgan fingerprint density at radius 2 is 2.10 bits per heavy atom. The van der Waals surface area contributed by atoms with Gasteiger partial charge in [-0.3, -0.25) is 0 Å². The van der Waals surface area contributed by atoms with Crippen molar-refractivity contribution in [2.45, 2.75) is 6.10 Å². The number of carbonyl (C=O) groups is 1. The van der Waals surface area contributed by atoms with Crippen molar-refractivity contribution in [1.82, 2.24) is 9.97 Å². The molecule has 0 aliphatic heterocycles. The molecular formula is C23H19N3O4S. The summed E-state index contributed by atoms with van der Waals surface area (Å²) in [5, 5.41) is 2.53. The number of benzene rings is 1. The molecule has 7 nitrogen and oxygen atoms in total. The first-order valence-electron chi connectivity index (χ1n) is 9.40. The minimum atomic E-state index is -1.06. The number of carbonyl (C=O) groups excluding carboxylic acids is 1. The number of thiazole rings is 1. The number of hydrogen-bond donors (Lipinski definition) is 1. The quantitative estimate of drug-likeness (QED) is 0.312. The summed E-state index contributed by atoms with van der Waals surface area (Å²) in [7, 11) is 0. The zero-order valence-electron chi connectivity index (χ0n) is 16.4. The number of rotatable bonds is 8. The molecule has 0 aliphatic carbocycles. The highest BCUT2D eigenvalue weighted by molar-refractivity contribution is 7.13. The summed E-state index contributed by atoms with van der Waals surface area (Å²) >= 11 is 1.43. The molecule has 0 saturated carbocycles. The van der Waals surface area contributed by atoms with Crippen LogP contribution < -0.4 is 10.5 Å². The maximum absolute atomic E-state index is 12.8. The van der Waals surface area contributed by atoms with E-state index in [1.165, 1.54) is 17.4 Å². The van der Waals surface area contributed by atoms with Crippen molar-refractivity contribution in [3.8, 4) is 27.9 Å². The first kappa shape index (κ1) is 20.4. The highest BCUT2D eigenvalue weighted by Gasteiger charge is 2.27. The lowest BCUT2D eigenvalue weighted by Crippen LogP contribution is -2.22. The Labute approximate surface area is 182 Å². The predicted molar refractivity (Wildman–Crippen MR) is 118 cm³/mol. The van der Waals surface area contributed by atoms with E-state index in [1.807, 2.05) is 23.6 Å². The number of hydrogen-bond acceptors (Lipinski definition) is 8. The summed E-state index contributed by atoms with van der Waals surface area (Å²) in [6, 6.07) is 14.3. The minimum Gasteiger partial charge on any atom is -0.464 e. The van der Waals surface area contributed by atoms with Crippen molar-refractivity contribution in [3.63, 3.8) is 0 Å². The highest BCUT2D eigenvalue weighted by atomic mass is 32.1. The summed E-state index contributed by atoms with van der Waals surface area (Å²) in [6.07, 6.45) is 3.67. The van der Waals surface area contributed by atoms with E-state index in [0.717, 1.165) is 0 Å². The van der Waals surface area contributed by atoms with Gasteiger partial charge in [-0.05, 0) is 18.2 Å². The van der Waals surface area contributed by atoms with Crippen LogP contribution in [0.15, 0.2) is 83.4 Å². The van der Waals surface area contributed by atoms with Gasteiger partial charge in [0, 0.05) is 22.7 Å². The number of ether oxygens (including phenoxy) is 2. The average Bonchev–Trinajstić information content (AvgIpc) is 3.52. The van der Waals surface area contributed by atoms with E-state index in [4.69, 9.17) is 19.6 Å². The highest BCUT2D eigenvalue weighted by Crippen LogP contribution is 2.38. The van der Waals surface area contributed by atoms with E-state index in [9.17, 15) is 4.79 Å². The van der Waals surface area contributed by atoms with Gasteiger partial charge in [-0.2, -0.15) is 0 Å². The third kappa shape index (κ3) is 4.49. The van der Waals surface area contributed by atoms with E-state index in [0.29, 0.717) is 27.6 Å². The van der Waals surface area contributed by atoms with Crippen LogP contribution in [0.4, 0.5) is 5.69 Å². The zero-order chi connectivity index (χ0) is 21.6. The van der Waals surface area contributed by atoms with Crippen LogP contribution in [0.5, 0.6) is 5.88 Å². The summed E-state index contributed by atoms with van der Waals surface area (Å²) in [4.78, 5) is 21.6. The van der Waals surface area contributed by atoms with Crippen molar-refractivity contribution in [2.75, 3.05) is 12.3 Å². The second-order valence-electron chi connectivity index (χ2n) is 6.42. The number of nitrogen functional groups attached to an aromatic ring is 1. The van der Waals surface area contributed by atoms with Crippen LogP contribution in [0.1, 0.15) is 11.7 Å². The maximum Gasteiger partial charge on any atom is 0.352 e. The third-order valence-corrected chi connectivity index (χ3v) is 5.15.